The van der Waals surface area contributed by atoms with E-state index in [0.29, 0.717) is 11.3 Å². The summed E-state index contributed by atoms with van der Waals surface area (Å²) in [5.74, 6) is -0.280. The molecular formula is C25H28N2O3S. The summed E-state index contributed by atoms with van der Waals surface area (Å²) in [6.45, 7) is 2.12. The molecule has 0 aromatic heterocycles. The monoisotopic (exact) mass is 436 g/mol. The van der Waals surface area contributed by atoms with Crippen LogP contribution in [0, 0.1) is 0 Å². The largest absolute Gasteiger partial charge is 0.350 e. The Kier molecular flexibility index (Phi) is 7.47. The molecule has 1 atom stereocenters. The smallest absolute Gasteiger partial charge is 0.253 e. The predicted molar refractivity (Wildman–Crippen MR) is 126 cm³/mol. The van der Waals surface area contributed by atoms with Gasteiger partial charge in [-0.25, -0.2) is 8.42 Å². The number of sulfonamides is 1. The van der Waals surface area contributed by atoms with E-state index in [1.807, 2.05) is 55.5 Å². The van der Waals surface area contributed by atoms with Crippen molar-refractivity contribution in [1.82, 2.24) is 5.32 Å². The SMILES string of the molecule is C[C@H](CCc1ccccc1)NC(=O)c1ccccc1N(Cc1ccccc1)S(C)(=O)=O. The summed E-state index contributed by atoms with van der Waals surface area (Å²) in [7, 11) is -3.59. The van der Waals surface area contributed by atoms with Gasteiger partial charge in [0.25, 0.3) is 5.91 Å². The summed E-state index contributed by atoms with van der Waals surface area (Å²) in [4.78, 5) is 13.0. The molecule has 0 radical (unpaired) electrons. The van der Waals surface area contributed by atoms with Crippen molar-refractivity contribution in [2.75, 3.05) is 10.6 Å². The maximum atomic E-state index is 13.0. The predicted octanol–water partition coefficient (Wildman–Crippen LogP) is 4.40. The van der Waals surface area contributed by atoms with Crippen molar-refractivity contribution in [1.29, 1.82) is 0 Å². The van der Waals surface area contributed by atoms with Crippen LogP contribution in [0.3, 0.4) is 0 Å². The standard InChI is InChI=1S/C25H28N2O3S/c1-20(17-18-21-11-5-3-6-12-21)26-25(28)23-15-9-10-16-24(23)27(31(2,29)30)19-22-13-7-4-8-14-22/h3-16,20H,17-19H2,1-2H3,(H,26,28)/t20-/m1/s1. The third kappa shape index (κ3) is 6.43. The zero-order valence-corrected chi connectivity index (χ0v) is 18.7. The fourth-order valence-corrected chi connectivity index (χ4v) is 4.32. The lowest BCUT2D eigenvalue weighted by atomic mass is 10.1. The van der Waals surface area contributed by atoms with Gasteiger partial charge in [-0.15, -0.1) is 0 Å². The van der Waals surface area contributed by atoms with Gasteiger partial charge in [-0.05, 0) is 43.0 Å². The molecular weight excluding hydrogens is 408 g/mol. The normalized spacial score (nSPS) is 12.2. The zero-order valence-electron chi connectivity index (χ0n) is 17.9. The van der Waals surface area contributed by atoms with Crippen LogP contribution in [0.15, 0.2) is 84.9 Å². The van der Waals surface area contributed by atoms with Gasteiger partial charge in [0.2, 0.25) is 10.0 Å². The van der Waals surface area contributed by atoms with Gasteiger partial charge in [-0.3, -0.25) is 9.10 Å². The Balaban J connectivity index is 1.78. The first kappa shape index (κ1) is 22.6. The van der Waals surface area contributed by atoms with E-state index in [0.717, 1.165) is 24.7 Å². The number of aryl methyl sites for hydroxylation is 1. The van der Waals surface area contributed by atoms with Crippen molar-refractivity contribution in [3.63, 3.8) is 0 Å². The summed E-state index contributed by atoms with van der Waals surface area (Å²) >= 11 is 0. The van der Waals surface area contributed by atoms with Crippen molar-refractivity contribution in [2.24, 2.45) is 0 Å². The first-order chi connectivity index (χ1) is 14.8. The Bertz CT molecular complexity index is 1100. The van der Waals surface area contributed by atoms with Crippen LogP contribution in [-0.2, 0) is 23.0 Å². The van der Waals surface area contributed by atoms with Crippen LogP contribution in [-0.4, -0.2) is 26.6 Å². The van der Waals surface area contributed by atoms with E-state index in [1.165, 1.54) is 9.87 Å². The van der Waals surface area contributed by atoms with E-state index >= 15 is 0 Å². The molecule has 0 fully saturated rings. The molecule has 0 saturated carbocycles. The first-order valence-corrected chi connectivity index (χ1v) is 12.1. The molecule has 1 amide bonds. The molecule has 0 aliphatic rings. The highest BCUT2D eigenvalue weighted by molar-refractivity contribution is 7.92. The maximum Gasteiger partial charge on any atom is 0.253 e. The molecule has 0 heterocycles. The number of nitrogens with zero attached hydrogens (tertiary/aromatic N) is 1. The lowest BCUT2D eigenvalue weighted by Gasteiger charge is -2.25. The summed E-state index contributed by atoms with van der Waals surface area (Å²) in [5.41, 5.74) is 2.78. The minimum absolute atomic E-state index is 0.0541. The third-order valence-electron chi connectivity index (χ3n) is 5.07. The van der Waals surface area contributed by atoms with Crippen molar-refractivity contribution >= 4 is 21.6 Å². The molecule has 0 bridgehead atoms. The van der Waals surface area contributed by atoms with Gasteiger partial charge in [0.15, 0.2) is 0 Å². The van der Waals surface area contributed by atoms with Crippen molar-refractivity contribution in [3.8, 4) is 0 Å². The Labute approximate surface area is 184 Å². The van der Waals surface area contributed by atoms with Crippen molar-refractivity contribution in [3.05, 3.63) is 102 Å². The van der Waals surface area contributed by atoms with E-state index in [2.05, 4.69) is 17.4 Å². The Morgan fingerprint density at radius 3 is 2.03 bits per heavy atom. The van der Waals surface area contributed by atoms with Crippen LogP contribution in [0.2, 0.25) is 0 Å². The van der Waals surface area contributed by atoms with E-state index in [1.54, 1.807) is 24.3 Å². The Hall–Kier alpha value is -3.12. The number of nitrogens with one attached hydrogen (secondary N) is 1. The molecule has 3 aromatic carbocycles. The van der Waals surface area contributed by atoms with E-state index < -0.39 is 10.0 Å². The van der Waals surface area contributed by atoms with E-state index in [-0.39, 0.29) is 18.5 Å². The van der Waals surface area contributed by atoms with E-state index in [9.17, 15) is 13.2 Å². The van der Waals surface area contributed by atoms with Crippen molar-refractivity contribution < 1.29 is 13.2 Å². The molecule has 0 aliphatic heterocycles. The number of para-hydroxylation sites is 1. The average molecular weight is 437 g/mol. The summed E-state index contributed by atoms with van der Waals surface area (Å²) in [6, 6.07) is 26.2. The fourth-order valence-electron chi connectivity index (χ4n) is 3.42. The number of amides is 1. The first-order valence-electron chi connectivity index (χ1n) is 10.3. The number of anilines is 1. The maximum absolute atomic E-state index is 13.0. The van der Waals surface area contributed by atoms with Crippen LogP contribution in [0.4, 0.5) is 5.69 Å². The van der Waals surface area contributed by atoms with Crippen LogP contribution in [0.5, 0.6) is 0 Å². The molecule has 162 valence electrons. The van der Waals surface area contributed by atoms with Gasteiger partial charge < -0.3 is 5.32 Å². The number of rotatable bonds is 9. The molecule has 5 nitrogen and oxygen atoms in total. The molecule has 3 rings (SSSR count). The molecule has 0 unspecified atom stereocenters. The van der Waals surface area contributed by atoms with Gasteiger partial charge in [0.1, 0.15) is 0 Å². The molecule has 6 heteroatoms. The highest BCUT2D eigenvalue weighted by atomic mass is 32.2. The molecule has 3 aromatic rings. The van der Waals surface area contributed by atoms with Gasteiger partial charge in [0, 0.05) is 6.04 Å². The fraction of sp³-hybridized carbons (Fsp3) is 0.240. The number of benzene rings is 3. The van der Waals surface area contributed by atoms with Gasteiger partial charge in [-0.1, -0.05) is 72.8 Å². The summed E-state index contributed by atoms with van der Waals surface area (Å²) in [5, 5.41) is 3.02. The lowest BCUT2D eigenvalue weighted by Crippen LogP contribution is -2.36. The van der Waals surface area contributed by atoms with Gasteiger partial charge in [0.05, 0.1) is 24.1 Å². The molecule has 31 heavy (non-hydrogen) atoms. The second kappa shape index (κ2) is 10.3. The number of hydrogen-bond donors (Lipinski definition) is 1. The zero-order chi connectivity index (χ0) is 22.3. The Morgan fingerprint density at radius 1 is 0.871 bits per heavy atom. The highest BCUT2D eigenvalue weighted by Crippen LogP contribution is 2.25. The highest BCUT2D eigenvalue weighted by Gasteiger charge is 2.24. The lowest BCUT2D eigenvalue weighted by molar-refractivity contribution is 0.0939. The molecule has 0 spiro atoms. The van der Waals surface area contributed by atoms with Crippen LogP contribution in [0.1, 0.15) is 34.8 Å². The third-order valence-corrected chi connectivity index (χ3v) is 6.20. The molecule has 1 N–H and O–H groups in total. The second-order valence-electron chi connectivity index (χ2n) is 7.67. The second-order valence-corrected chi connectivity index (χ2v) is 9.58. The quantitative estimate of drug-likeness (QED) is 0.541. The molecule has 0 aliphatic carbocycles. The molecule has 0 saturated heterocycles. The van der Waals surface area contributed by atoms with Crippen LogP contribution in [0.25, 0.3) is 0 Å². The number of carbonyl (C=O) groups is 1. The minimum Gasteiger partial charge on any atom is -0.350 e. The number of carbonyl (C=O) groups excluding carboxylic acids is 1. The van der Waals surface area contributed by atoms with Crippen LogP contribution >= 0.6 is 0 Å². The minimum atomic E-state index is -3.59. The average Bonchev–Trinajstić information content (AvgIpc) is 2.77. The van der Waals surface area contributed by atoms with Gasteiger partial charge >= 0.3 is 0 Å². The Morgan fingerprint density at radius 2 is 1.42 bits per heavy atom. The van der Waals surface area contributed by atoms with Crippen LogP contribution < -0.4 is 9.62 Å². The van der Waals surface area contributed by atoms with Crippen molar-refractivity contribution in [2.45, 2.75) is 32.4 Å². The summed E-state index contributed by atoms with van der Waals surface area (Å²) in [6.07, 6.45) is 2.80. The number of hydrogen-bond acceptors (Lipinski definition) is 3. The van der Waals surface area contributed by atoms with Gasteiger partial charge in [-0.2, -0.15) is 0 Å². The van der Waals surface area contributed by atoms with E-state index in [4.69, 9.17) is 0 Å². The topological polar surface area (TPSA) is 66.5 Å². The summed E-state index contributed by atoms with van der Waals surface area (Å²) < 4.78 is 26.5.